The molecule has 1 N–H and O–H groups in total. The van der Waals surface area contributed by atoms with Crippen molar-refractivity contribution in [2.24, 2.45) is 22.7 Å². The van der Waals surface area contributed by atoms with E-state index < -0.39 is 6.10 Å². The van der Waals surface area contributed by atoms with Crippen LogP contribution in [0.15, 0.2) is 24.4 Å². The van der Waals surface area contributed by atoms with Gasteiger partial charge in [-0.3, -0.25) is 4.98 Å². The summed E-state index contributed by atoms with van der Waals surface area (Å²) in [4.78, 5) is 4.29. The molecule has 2 bridgehead atoms. The highest BCUT2D eigenvalue weighted by atomic mass is 16.5. The minimum atomic E-state index is -0.595. The van der Waals surface area contributed by atoms with Crippen molar-refractivity contribution in [2.75, 3.05) is 0 Å². The summed E-state index contributed by atoms with van der Waals surface area (Å²) in [6, 6.07) is 5.70. The van der Waals surface area contributed by atoms with Crippen LogP contribution in [0.5, 0.6) is 0 Å². The summed E-state index contributed by atoms with van der Waals surface area (Å²) < 4.78 is 6.38. The van der Waals surface area contributed by atoms with Gasteiger partial charge in [0.2, 0.25) is 0 Å². The van der Waals surface area contributed by atoms with Gasteiger partial charge < -0.3 is 9.84 Å². The molecule has 1 aromatic heterocycles. The molecule has 0 radical (unpaired) electrons. The van der Waals surface area contributed by atoms with Crippen LogP contribution < -0.4 is 0 Å². The minimum Gasteiger partial charge on any atom is -0.384 e. The fourth-order valence-electron chi connectivity index (χ4n) is 5.50. The maximum atomic E-state index is 10.6. The van der Waals surface area contributed by atoms with Crippen molar-refractivity contribution in [2.45, 2.75) is 58.3 Å². The second-order valence-electron chi connectivity index (χ2n) is 7.98. The molecule has 21 heavy (non-hydrogen) atoms. The Morgan fingerprint density at radius 2 is 2.14 bits per heavy atom. The highest BCUT2D eigenvalue weighted by Crippen LogP contribution is 2.71. The van der Waals surface area contributed by atoms with E-state index >= 15 is 0 Å². The highest BCUT2D eigenvalue weighted by molar-refractivity contribution is 5.18. The van der Waals surface area contributed by atoms with Gasteiger partial charge in [-0.25, -0.2) is 0 Å². The summed E-state index contributed by atoms with van der Waals surface area (Å²) in [5, 5.41) is 10.6. The average molecular weight is 287 g/mol. The minimum absolute atomic E-state index is 0.0917. The van der Waals surface area contributed by atoms with Gasteiger partial charge in [0, 0.05) is 6.20 Å². The molecule has 3 fully saturated rings. The van der Waals surface area contributed by atoms with Crippen molar-refractivity contribution >= 4 is 0 Å². The van der Waals surface area contributed by atoms with Crippen molar-refractivity contribution in [3.05, 3.63) is 30.1 Å². The van der Waals surface area contributed by atoms with Gasteiger partial charge in [-0.05, 0) is 54.1 Å². The molecule has 6 atom stereocenters. The molecule has 1 saturated heterocycles. The van der Waals surface area contributed by atoms with Crippen LogP contribution in [-0.4, -0.2) is 22.3 Å². The van der Waals surface area contributed by atoms with E-state index in [1.807, 2.05) is 18.2 Å². The van der Waals surface area contributed by atoms with Gasteiger partial charge in [-0.1, -0.05) is 26.8 Å². The van der Waals surface area contributed by atoms with Crippen molar-refractivity contribution in [3.63, 3.8) is 0 Å². The van der Waals surface area contributed by atoms with Gasteiger partial charge in [-0.15, -0.1) is 0 Å². The summed E-state index contributed by atoms with van der Waals surface area (Å²) in [5.74, 6) is 1.36. The molecule has 4 rings (SSSR count). The number of ether oxygens (including phenoxy) is 1. The predicted molar refractivity (Wildman–Crippen MR) is 80.6 cm³/mol. The maximum absolute atomic E-state index is 10.6. The Balaban J connectivity index is 1.58. The van der Waals surface area contributed by atoms with Crippen LogP contribution in [0.3, 0.4) is 0 Å². The molecule has 0 amide bonds. The van der Waals surface area contributed by atoms with Gasteiger partial charge in [0.15, 0.2) is 0 Å². The summed E-state index contributed by atoms with van der Waals surface area (Å²) in [5.41, 5.74) is 1.36. The standard InChI is InChI=1S/C18H25NO2/c1-17(2)12-7-8-18(17,3)16-11(12)10-14(21-16)15(20)13-6-4-5-9-19-13/h4-6,9,11-12,14-16,20H,7-8,10H2,1-3H3/t11-,12-,14-,15?,16-,18+/m1/s1. The molecule has 1 unspecified atom stereocenters. The van der Waals surface area contributed by atoms with E-state index in [-0.39, 0.29) is 11.5 Å². The summed E-state index contributed by atoms with van der Waals surface area (Å²) in [7, 11) is 0. The zero-order chi connectivity index (χ0) is 14.8. The Kier molecular flexibility index (Phi) is 2.81. The van der Waals surface area contributed by atoms with E-state index in [1.54, 1.807) is 6.20 Å². The first-order valence-electron chi connectivity index (χ1n) is 8.19. The van der Waals surface area contributed by atoms with Gasteiger partial charge >= 0.3 is 0 Å². The number of aromatic nitrogens is 1. The molecule has 3 nitrogen and oxygen atoms in total. The third kappa shape index (κ3) is 1.65. The number of fused-ring (bicyclic) bond motifs is 5. The lowest BCUT2D eigenvalue weighted by molar-refractivity contribution is -0.0927. The summed E-state index contributed by atoms with van der Waals surface area (Å²) in [6.07, 6.45) is 4.93. The number of aliphatic hydroxyl groups excluding tert-OH is 1. The first-order chi connectivity index (χ1) is 9.95. The average Bonchev–Trinajstić information content (AvgIpc) is 3.05. The second-order valence-corrected chi connectivity index (χ2v) is 7.98. The zero-order valence-corrected chi connectivity index (χ0v) is 13.1. The molecule has 0 spiro atoms. The van der Waals surface area contributed by atoms with E-state index in [4.69, 9.17) is 4.74 Å². The summed E-state index contributed by atoms with van der Waals surface area (Å²) in [6.45, 7) is 7.22. The van der Waals surface area contributed by atoms with Gasteiger partial charge in [0.25, 0.3) is 0 Å². The lowest BCUT2D eigenvalue weighted by Gasteiger charge is -2.39. The second kappa shape index (κ2) is 4.30. The molecular weight excluding hydrogens is 262 g/mol. The number of aliphatic hydroxyl groups is 1. The van der Waals surface area contributed by atoms with E-state index in [0.29, 0.717) is 17.4 Å². The van der Waals surface area contributed by atoms with Crippen LogP contribution in [0, 0.1) is 22.7 Å². The molecule has 2 saturated carbocycles. The van der Waals surface area contributed by atoms with Crippen LogP contribution in [0.1, 0.15) is 51.8 Å². The van der Waals surface area contributed by atoms with Crippen LogP contribution in [0.2, 0.25) is 0 Å². The molecule has 0 aromatic carbocycles. The topological polar surface area (TPSA) is 42.4 Å². The van der Waals surface area contributed by atoms with Crippen LogP contribution in [-0.2, 0) is 4.74 Å². The fourth-order valence-corrected chi connectivity index (χ4v) is 5.50. The highest BCUT2D eigenvalue weighted by Gasteiger charge is 2.69. The van der Waals surface area contributed by atoms with E-state index in [9.17, 15) is 5.11 Å². The maximum Gasteiger partial charge on any atom is 0.122 e. The predicted octanol–water partition coefficient (Wildman–Crippen LogP) is 3.34. The molecule has 2 heterocycles. The Labute approximate surface area is 126 Å². The lowest BCUT2D eigenvalue weighted by Crippen LogP contribution is -2.38. The first-order valence-corrected chi connectivity index (χ1v) is 8.19. The van der Waals surface area contributed by atoms with Gasteiger partial charge in [0.05, 0.1) is 17.9 Å². The number of nitrogens with zero attached hydrogens (tertiary/aromatic N) is 1. The number of hydrogen-bond acceptors (Lipinski definition) is 3. The van der Waals surface area contributed by atoms with Crippen molar-refractivity contribution in [1.29, 1.82) is 0 Å². The molecular formula is C18H25NO2. The Hall–Kier alpha value is -0.930. The van der Waals surface area contributed by atoms with Crippen molar-refractivity contribution < 1.29 is 9.84 Å². The Bertz CT molecular complexity index is 543. The van der Waals surface area contributed by atoms with Crippen molar-refractivity contribution in [1.82, 2.24) is 4.98 Å². The third-order valence-corrected chi connectivity index (χ3v) is 7.08. The molecule has 3 heteroatoms. The monoisotopic (exact) mass is 287 g/mol. The van der Waals surface area contributed by atoms with E-state index in [1.165, 1.54) is 12.8 Å². The SMILES string of the molecule is CC1(C)[C@@H]2CC[C@@]1(C)[C@@H]1O[C@@H](C(O)c3ccccn3)C[C@H]21. The fraction of sp³-hybridized carbons (Fsp3) is 0.722. The van der Waals surface area contributed by atoms with Gasteiger partial charge in [-0.2, -0.15) is 0 Å². The zero-order valence-electron chi connectivity index (χ0n) is 13.1. The van der Waals surface area contributed by atoms with E-state index in [2.05, 4.69) is 25.8 Å². The van der Waals surface area contributed by atoms with Crippen LogP contribution in [0.4, 0.5) is 0 Å². The first kappa shape index (κ1) is 13.7. The molecule has 3 aliphatic rings. The van der Waals surface area contributed by atoms with Gasteiger partial charge in [0.1, 0.15) is 6.10 Å². The van der Waals surface area contributed by atoms with Crippen molar-refractivity contribution in [3.8, 4) is 0 Å². The molecule has 1 aromatic rings. The van der Waals surface area contributed by atoms with Crippen LogP contribution >= 0.6 is 0 Å². The smallest absolute Gasteiger partial charge is 0.122 e. The summed E-state index contributed by atoms with van der Waals surface area (Å²) >= 11 is 0. The Morgan fingerprint density at radius 3 is 2.81 bits per heavy atom. The quantitative estimate of drug-likeness (QED) is 0.907. The number of pyridine rings is 1. The lowest BCUT2D eigenvalue weighted by atomic mass is 9.70. The third-order valence-electron chi connectivity index (χ3n) is 7.08. The number of hydrogen-bond donors (Lipinski definition) is 1. The molecule has 114 valence electrons. The van der Waals surface area contributed by atoms with E-state index in [0.717, 1.165) is 18.0 Å². The van der Waals surface area contributed by atoms with Crippen LogP contribution in [0.25, 0.3) is 0 Å². The number of rotatable bonds is 2. The molecule has 2 aliphatic carbocycles. The molecule has 1 aliphatic heterocycles. The normalized spacial score (nSPS) is 44.8. The largest absolute Gasteiger partial charge is 0.384 e. The Morgan fingerprint density at radius 1 is 1.33 bits per heavy atom.